The summed E-state index contributed by atoms with van der Waals surface area (Å²) in [5.74, 6) is 2.01. The lowest BCUT2D eigenvalue weighted by Crippen LogP contribution is -2.36. The van der Waals surface area contributed by atoms with Crippen molar-refractivity contribution in [1.29, 1.82) is 5.41 Å². The number of aromatic nitrogens is 1. The van der Waals surface area contributed by atoms with Crippen molar-refractivity contribution >= 4 is 27.2 Å². The molecular weight excluding hydrogens is 400 g/mol. The molecule has 2 aromatic rings. The highest BCUT2D eigenvalue weighted by Crippen LogP contribution is 2.33. The van der Waals surface area contributed by atoms with Gasteiger partial charge in [-0.2, -0.15) is 0 Å². The Bertz CT molecular complexity index is 864. The molecule has 30 heavy (non-hydrogen) atoms. The summed E-state index contributed by atoms with van der Waals surface area (Å²) >= 11 is 0. The third kappa shape index (κ3) is 6.35. The Morgan fingerprint density at radius 2 is 2.00 bits per heavy atom. The molecule has 164 valence electrons. The summed E-state index contributed by atoms with van der Waals surface area (Å²) in [7, 11) is -0.584. The van der Waals surface area contributed by atoms with Crippen LogP contribution in [-0.4, -0.2) is 80.0 Å². The average Bonchev–Trinajstić information content (AvgIpc) is 2.74. The number of rotatable bonds is 9. The van der Waals surface area contributed by atoms with Crippen molar-refractivity contribution in [2.24, 2.45) is 0 Å². The van der Waals surface area contributed by atoms with E-state index in [9.17, 15) is 5.11 Å². The van der Waals surface area contributed by atoms with Crippen molar-refractivity contribution in [3.63, 3.8) is 0 Å². The van der Waals surface area contributed by atoms with E-state index in [0.29, 0.717) is 37.8 Å². The van der Waals surface area contributed by atoms with Gasteiger partial charge in [0, 0.05) is 41.9 Å². The van der Waals surface area contributed by atoms with Gasteiger partial charge in [0.1, 0.15) is 18.3 Å². The summed E-state index contributed by atoms with van der Waals surface area (Å²) in [6.07, 6.45) is 8.53. The molecular formula is C22H32N4O3S. The molecule has 0 amide bonds. The van der Waals surface area contributed by atoms with Crippen molar-refractivity contribution in [1.82, 2.24) is 4.98 Å². The van der Waals surface area contributed by atoms with E-state index in [2.05, 4.69) is 34.0 Å². The van der Waals surface area contributed by atoms with E-state index in [0.717, 1.165) is 35.9 Å². The summed E-state index contributed by atoms with van der Waals surface area (Å²) in [4.78, 5) is 6.62. The zero-order chi connectivity index (χ0) is 21.6. The number of nitrogens with one attached hydrogen (secondary N) is 2. The van der Waals surface area contributed by atoms with Gasteiger partial charge in [-0.15, -0.1) is 0 Å². The van der Waals surface area contributed by atoms with E-state index in [1.54, 1.807) is 24.4 Å². The van der Waals surface area contributed by atoms with Crippen LogP contribution in [0.5, 0.6) is 5.75 Å². The second kappa shape index (κ2) is 10.1. The third-order valence-electron chi connectivity index (χ3n) is 4.85. The van der Waals surface area contributed by atoms with Gasteiger partial charge in [0.15, 0.2) is 0 Å². The van der Waals surface area contributed by atoms with Crippen LogP contribution in [0.2, 0.25) is 0 Å². The summed E-state index contributed by atoms with van der Waals surface area (Å²) in [6, 6.07) is 8.75. The highest BCUT2D eigenvalue weighted by atomic mass is 32.3. The molecule has 0 aliphatic carbocycles. The van der Waals surface area contributed by atoms with Crippen molar-refractivity contribution in [3.05, 3.63) is 47.7 Å². The normalized spacial score (nSPS) is 15.1. The Hall–Kier alpha value is -2.29. The minimum Gasteiger partial charge on any atom is -0.508 e. The molecule has 0 unspecified atom stereocenters. The summed E-state index contributed by atoms with van der Waals surface area (Å²) in [6.45, 7) is 3.99. The lowest BCUT2D eigenvalue weighted by atomic mass is 10.0. The molecule has 2 heterocycles. The molecule has 8 heteroatoms. The first-order valence-corrected chi connectivity index (χ1v) is 13.0. The predicted molar refractivity (Wildman–Crippen MR) is 126 cm³/mol. The largest absolute Gasteiger partial charge is 0.508 e. The van der Waals surface area contributed by atoms with Gasteiger partial charge in [-0.05, 0) is 49.1 Å². The number of morpholine rings is 1. The number of phenolic OH excluding ortho intramolecular Hbond substituents is 1. The average molecular weight is 433 g/mol. The maximum atomic E-state index is 10.0. The van der Waals surface area contributed by atoms with Crippen molar-refractivity contribution in [2.45, 2.75) is 0 Å². The quantitative estimate of drug-likeness (QED) is 0.244. The number of benzene rings is 1. The van der Waals surface area contributed by atoms with Gasteiger partial charge in [-0.3, -0.25) is 5.41 Å². The standard InChI is InChI=1S/C22H32N4O3S/c1-30(2,3)13-12-29-16-25-20-5-4-18(27)15-19(20)22(23)17-6-7-24-21(14-17)26-8-10-28-11-9-26/h4-7,14-15,23,25,27H,8-13,16H2,1-3H3. The lowest BCUT2D eigenvalue weighted by molar-refractivity contribution is 0.122. The second-order valence-corrected chi connectivity index (χ2v) is 12.7. The van der Waals surface area contributed by atoms with Gasteiger partial charge in [-0.25, -0.2) is 15.0 Å². The molecule has 0 radical (unpaired) electrons. The lowest BCUT2D eigenvalue weighted by Gasteiger charge is -2.28. The van der Waals surface area contributed by atoms with Crippen LogP contribution < -0.4 is 10.2 Å². The Kier molecular flexibility index (Phi) is 7.58. The van der Waals surface area contributed by atoms with E-state index < -0.39 is 10.0 Å². The number of hydrogen-bond acceptors (Lipinski definition) is 7. The van der Waals surface area contributed by atoms with E-state index >= 15 is 0 Å². The van der Waals surface area contributed by atoms with Crippen LogP contribution in [-0.2, 0) is 9.47 Å². The maximum absolute atomic E-state index is 10.0. The van der Waals surface area contributed by atoms with Crippen LogP contribution in [0.25, 0.3) is 0 Å². The zero-order valence-electron chi connectivity index (χ0n) is 18.0. The van der Waals surface area contributed by atoms with Crippen molar-refractivity contribution in [2.75, 3.05) is 74.4 Å². The SMILES string of the molecule is CS(C)(C)CCOCNc1ccc(O)cc1C(=N)c1ccnc(N2CCOCC2)c1. The Balaban J connectivity index is 1.71. The fourth-order valence-corrected chi connectivity index (χ4v) is 3.72. The minimum atomic E-state index is -0.584. The van der Waals surface area contributed by atoms with Gasteiger partial charge in [0.05, 0.1) is 25.5 Å². The van der Waals surface area contributed by atoms with E-state index in [1.165, 1.54) is 0 Å². The van der Waals surface area contributed by atoms with Crippen LogP contribution in [0.4, 0.5) is 11.5 Å². The van der Waals surface area contributed by atoms with Crippen LogP contribution in [0.1, 0.15) is 11.1 Å². The van der Waals surface area contributed by atoms with Crippen molar-refractivity contribution in [3.8, 4) is 5.75 Å². The molecule has 1 aliphatic rings. The Morgan fingerprint density at radius 1 is 1.23 bits per heavy atom. The zero-order valence-corrected chi connectivity index (χ0v) is 18.8. The number of aromatic hydroxyl groups is 1. The molecule has 3 N–H and O–H groups in total. The van der Waals surface area contributed by atoms with Gasteiger partial charge < -0.3 is 24.8 Å². The molecule has 7 nitrogen and oxygen atoms in total. The number of anilines is 2. The monoisotopic (exact) mass is 432 g/mol. The Labute approximate surface area is 180 Å². The van der Waals surface area contributed by atoms with Crippen LogP contribution in [0.3, 0.4) is 0 Å². The van der Waals surface area contributed by atoms with Gasteiger partial charge >= 0.3 is 0 Å². The number of ether oxygens (including phenoxy) is 2. The first-order valence-electron chi connectivity index (χ1n) is 10.0. The predicted octanol–water partition coefficient (Wildman–Crippen LogP) is 3.12. The highest BCUT2D eigenvalue weighted by Gasteiger charge is 2.16. The van der Waals surface area contributed by atoms with Crippen molar-refractivity contribution < 1.29 is 14.6 Å². The number of phenols is 1. The van der Waals surface area contributed by atoms with Gasteiger partial charge in [-0.1, -0.05) is 0 Å². The topological polar surface area (TPSA) is 90.7 Å². The molecule has 1 fully saturated rings. The van der Waals surface area contributed by atoms with E-state index in [4.69, 9.17) is 14.9 Å². The van der Waals surface area contributed by atoms with Crippen LogP contribution in [0, 0.1) is 5.41 Å². The first-order chi connectivity index (χ1) is 14.3. The van der Waals surface area contributed by atoms with Gasteiger partial charge in [0.25, 0.3) is 0 Å². The Morgan fingerprint density at radius 3 is 2.73 bits per heavy atom. The third-order valence-corrected chi connectivity index (χ3v) is 6.24. The first kappa shape index (κ1) is 22.4. The number of nitrogens with zero attached hydrogens (tertiary/aromatic N) is 2. The van der Waals surface area contributed by atoms with Gasteiger partial charge in [0.2, 0.25) is 0 Å². The molecule has 0 saturated carbocycles. The molecule has 1 aromatic heterocycles. The smallest absolute Gasteiger partial charge is 0.129 e. The summed E-state index contributed by atoms with van der Waals surface area (Å²) in [5, 5.41) is 22.0. The second-order valence-electron chi connectivity index (χ2n) is 8.13. The maximum Gasteiger partial charge on any atom is 0.129 e. The van der Waals surface area contributed by atoms with Crippen LogP contribution in [0.15, 0.2) is 36.5 Å². The molecule has 0 spiro atoms. The summed E-state index contributed by atoms with van der Waals surface area (Å²) < 4.78 is 11.1. The number of pyridine rings is 1. The molecule has 1 aliphatic heterocycles. The fourth-order valence-electron chi connectivity index (χ4n) is 3.10. The number of hydrogen-bond donors (Lipinski definition) is 3. The minimum absolute atomic E-state index is 0.125. The molecule has 1 aromatic carbocycles. The fraction of sp³-hybridized carbons (Fsp3) is 0.455. The van der Waals surface area contributed by atoms with E-state index in [-0.39, 0.29) is 5.75 Å². The highest BCUT2D eigenvalue weighted by molar-refractivity contribution is 8.32. The molecule has 0 bridgehead atoms. The molecule has 0 atom stereocenters. The molecule has 3 rings (SSSR count). The van der Waals surface area contributed by atoms with Crippen LogP contribution >= 0.6 is 10.0 Å². The summed E-state index contributed by atoms with van der Waals surface area (Å²) in [5.41, 5.74) is 2.45. The molecule has 1 saturated heterocycles. The van der Waals surface area contributed by atoms with E-state index in [1.807, 2.05) is 12.1 Å².